The number of nitrogens with one attached hydrogen (secondary N) is 1. The van der Waals surface area contributed by atoms with Crippen LogP contribution in [0.25, 0.3) is 0 Å². The summed E-state index contributed by atoms with van der Waals surface area (Å²) in [6.07, 6.45) is 1.61. The molecule has 0 atom stereocenters. The number of pyridine rings is 1. The number of hydrogen-bond donors (Lipinski definition) is 2. The number of hydrogen-bond acceptors (Lipinski definition) is 5. The highest BCUT2D eigenvalue weighted by Gasteiger charge is 2.08. The van der Waals surface area contributed by atoms with Gasteiger partial charge in [0.15, 0.2) is 0 Å². The van der Waals surface area contributed by atoms with Crippen LogP contribution in [-0.4, -0.2) is 49.2 Å². The molecule has 0 saturated carbocycles. The molecule has 1 aromatic rings. The number of ether oxygens (including phenoxy) is 1. The first-order valence-corrected chi connectivity index (χ1v) is 5.62. The summed E-state index contributed by atoms with van der Waals surface area (Å²) in [5.41, 5.74) is 6.20. The van der Waals surface area contributed by atoms with Crippen molar-refractivity contribution in [2.24, 2.45) is 0 Å². The molecule has 16 heavy (non-hydrogen) atoms. The molecule has 5 heteroatoms. The van der Waals surface area contributed by atoms with Crippen LogP contribution in [0, 0.1) is 0 Å². The lowest BCUT2D eigenvalue weighted by molar-refractivity contribution is 0.188. The van der Waals surface area contributed by atoms with Crippen molar-refractivity contribution in [2.75, 3.05) is 45.1 Å². The van der Waals surface area contributed by atoms with Gasteiger partial charge in [0.1, 0.15) is 6.61 Å². The highest BCUT2D eigenvalue weighted by atomic mass is 16.5. The summed E-state index contributed by atoms with van der Waals surface area (Å²) in [6.45, 7) is 5.96. The second kappa shape index (κ2) is 5.67. The fraction of sp³-hybridized carbons (Fsp3) is 0.545. The fourth-order valence-corrected chi connectivity index (χ4v) is 1.69. The zero-order valence-electron chi connectivity index (χ0n) is 9.35. The number of nitrogens with two attached hydrogens (primary N) is 1. The number of anilines is 1. The van der Waals surface area contributed by atoms with E-state index in [9.17, 15) is 0 Å². The van der Waals surface area contributed by atoms with Crippen molar-refractivity contribution in [2.45, 2.75) is 0 Å². The molecule has 5 nitrogen and oxygen atoms in total. The summed E-state index contributed by atoms with van der Waals surface area (Å²) in [6, 6.07) is 3.60. The summed E-state index contributed by atoms with van der Waals surface area (Å²) in [5, 5.41) is 3.32. The van der Waals surface area contributed by atoms with Gasteiger partial charge in [-0.3, -0.25) is 4.90 Å². The number of piperazine rings is 1. The van der Waals surface area contributed by atoms with E-state index in [1.807, 2.05) is 0 Å². The van der Waals surface area contributed by atoms with Gasteiger partial charge in [0.25, 0.3) is 0 Å². The van der Waals surface area contributed by atoms with Gasteiger partial charge in [0, 0.05) is 38.8 Å². The summed E-state index contributed by atoms with van der Waals surface area (Å²) in [4.78, 5) is 6.47. The van der Waals surface area contributed by atoms with Gasteiger partial charge in [-0.1, -0.05) is 0 Å². The van der Waals surface area contributed by atoms with Crippen molar-refractivity contribution in [3.8, 4) is 5.88 Å². The van der Waals surface area contributed by atoms with Crippen LogP contribution in [0.5, 0.6) is 5.88 Å². The van der Waals surface area contributed by atoms with Crippen LogP contribution in [0.3, 0.4) is 0 Å². The Bertz CT molecular complexity index is 308. The first-order valence-electron chi connectivity index (χ1n) is 5.62. The second-order valence-electron chi connectivity index (χ2n) is 3.87. The molecule has 2 rings (SSSR count). The van der Waals surface area contributed by atoms with Crippen LogP contribution in [0.2, 0.25) is 0 Å². The molecular weight excluding hydrogens is 204 g/mol. The normalized spacial score (nSPS) is 17.2. The zero-order valence-corrected chi connectivity index (χ0v) is 9.35. The SMILES string of the molecule is Nc1ccc(OCCN2CCNCC2)nc1. The largest absolute Gasteiger partial charge is 0.476 e. The fourth-order valence-electron chi connectivity index (χ4n) is 1.69. The monoisotopic (exact) mass is 222 g/mol. The van der Waals surface area contributed by atoms with Crippen molar-refractivity contribution in [1.82, 2.24) is 15.2 Å². The minimum Gasteiger partial charge on any atom is -0.476 e. The third kappa shape index (κ3) is 3.36. The van der Waals surface area contributed by atoms with Gasteiger partial charge in [0.05, 0.1) is 11.9 Å². The summed E-state index contributed by atoms with van der Waals surface area (Å²) in [5.74, 6) is 0.643. The maximum absolute atomic E-state index is 5.54. The molecule has 1 saturated heterocycles. The highest BCUT2D eigenvalue weighted by Crippen LogP contribution is 2.08. The predicted octanol–water partition coefficient (Wildman–Crippen LogP) is -0.0522. The molecule has 1 fully saturated rings. The molecule has 0 unspecified atom stereocenters. The van der Waals surface area contributed by atoms with Crippen LogP contribution >= 0.6 is 0 Å². The highest BCUT2D eigenvalue weighted by molar-refractivity contribution is 5.35. The molecule has 0 aliphatic carbocycles. The van der Waals surface area contributed by atoms with Gasteiger partial charge in [-0.05, 0) is 6.07 Å². The third-order valence-electron chi connectivity index (χ3n) is 2.63. The van der Waals surface area contributed by atoms with Gasteiger partial charge >= 0.3 is 0 Å². The third-order valence-corrected chi connectivity index (χ3v) is 2.63. The van der Waals surface area contributed by atoms with E-state index < -0.39 is 0 Å². The molecule has 0 radical (unpaired) electrons. The molecule has 1 aliphatic rings. The van der Waals surface area contributed by atoms with E-state index in [0.717, 1.165) is 32.7 Å². The van der Waals surface area contributed by atoms with E-state index in [0.29, 0.717) is 18.2 Å². The Labute approximate surface area is 95.6 Å². The Balaban J connectivity index is 1.69. The maximum atomic E-state index is 5.54. The van der Waals surface area contributed by atoms with Gasteiger partial charge in [-0.2, -0.15) is 0 Å². The first kappa shape index (κ1) is 11.2. The number of nitrogens with zero attached hydrogens (tertiary/aromatic N) is 2. The van der Waals surface area contributed by atoms with Crippen LogP contribution in [0.4, 0.5) is 5.69 Å². The molecule has 0 bridgehead atoms. The summed E-state index contributed by atoms with van der Waals surface area (Å²) < 4.78 is 5.53. The molecular formula is C11H18N4O. The maximum Gasteiger partial charge on any atom is 0.213 e. The standard InChI is InChI=1S/C11H18N4O/c12-10-1-2-11(14-9-10)16-8-7-15-5-3-13-4-6-15/h1-2,9,13H,3-8,12H2. The topological polar surface area (TPSA) is 63.4 Å². The lowest BCUT2D eigenvalue weighted by Crippen LogP contribution is -2.44. The zero-order chi connectivity index (χ0) is 11.2. The molecule has 0 spiro atoms. The molecule has 1 aliphatic heterocycles. The lowest BCUT2D eigenvalue weighted by Gasteiger charge is -2.26. The van der Waals surface area contributed by atoms with Crippen LogP contribution < -0.4 is 15.8 Å². The van der Waals surface area contributed by atoms with Gasteiger partial charge in [-0.25, -0.2) is 4.98 Å². The van der Waals surface area contributed by atoms with Crippen LogP contribution in [0.15, 0.2) is 18.3 Å². The Kier molecular flexibility index (Phi) is 3.96. The van der Waals surface area contributed by atoms with Crippen molar-refractivity contribution in [3.63, 3.8) is 0 Å². The Morgan fingerprint density at radius 3 is 2.88 bits per heavy atom. The summed E-state index contributed by atoms with van der Waals surface area (Å²) >= 11 is 0. The average Bonchev–Trinajstić information content (AvgIpc) is 2.33. The smallest absolute Gasteiger partial charge is 0.213 e. The van der Waals surface area contributed by atoms with E-state index in [2.05, 4.69) is 15.2 Å². The van der Waals surface area contributed by atoms with Crippen molar-refractivity contribution < 1.29 is 4.74 Å². The summed E-state index contributed by atoms with van der Waals surface area (Å²) in [7, 11) is 0. The predicted molar refractivity (Wildman–Crippen MR) is 63.5 cm³/mol. The molecule has 0 amide bonds. The van der Waals surface area contributed by atoms with Crippen molar-refractivity contribution >= 4 is 5.69 Å². The minimum absolute atomic E-state index is 0.643. The van der Waals surface area contributed by atoms with Gasteiger partial charge in [-0.15, -0.1) is 0 Å². The quantitative estimate of drug-likeness (QED) is 0.747. The van der Waals surface area contributed by atoms with E-state index in [-0.39, 0.29) is 0 Å². The second-order valence-corrected chi connectivity index (χ2v) is 3.87. The van der Waals surface area contributed by atoms with E-state index in [1.54, 1.807) is 18.3 Å². The Hall–Kier alpha value is -1.33. The lowest BCUT2D eigenvalue weighted by atomic mass is 10.3. The number of aromatic nitrogens is 1. The first-order chi connectivity index (χ1) is 7.84. The minimum atomic E-state index is 0.643. The molecule has 88 valence electrons. The van der Waals surface area contributed by atoms with Crippen molar-refractivity contribution in [1.29, 1.82) is 0 Å². The average molecular weight is 222 g/mol. The van der Waals surface area contributed by atoms with Crippen LogP contribution in [0.1, 0.15) is 0 Å². The van der Waals surface area contributed by atoms with Gasteiger partial charge in [0.2, 0.25) is 5.88 Å². The van der Waals surface area contributed by atoms with E-state index in [1.165, 1.54) is 0 Å². The Morgan fingerprint density at radius 2 is 2.19 bits per heavy atom. The number of rotatable bonds is 4. The van der Waals surface area contributed by atoms with Crippen LogP contribution in [-0.2, 0) is 0 Å². The van der Waals surface area contributed by atoms with Gasteiger partial charge < -0.3 is 15.8 Å². The van der Waals surface area contributed by atoms with E-state index >= 15 is 0 Å². The molecule has 3 N–H and O–H groups in total. The molecule has 2 heterocycles. The Morgan fingerprint density at radius 1 is 1.38 bits per heavy atom. The molecule has 1 aromatic heterocycles. The van der Waals surface area contributed by atoms with Crippen molar-refractivity contribution in [3.05, 3.63) is 18.3 Å². The van der Waals surface area contributed by atoms with E-state index in [4.69, 9.17) is 10.5 Å². The molecule has 0 aromatic carbocycles. The number of nitrogen functional groups attached to an aromatic ring is 1.